The first-order chi connectivity index (χ1) is 9.87. The zero-order chi connectivity index (χ0) is 15.5. The molecule has 0 unspecified atom stereocenters. The monoisotopic (exact) mass is 291 g/mol. The maximum atomic E-state index is 7.70. The number of rotatable bonds is 5. The second kappa shape index (κ2) is 6.43. The molecular weight excluding hydrogens is 266 g/mol. The number of nitrogens with two attached hydrogens (primary N) is 1. The Labute approximate surface area is 126 Å². The van der Waals surface area contributed by atoms with Crippen molar-refractivity contribution in [2.24, 2.45) is 5.73 Å². The fourth-order valence-corrected chi connectivity index (χ4v) is 2.40. The van der Waals surface area contributed by atoms with Gasteiger partial charge in [-0.15, -0.1) is 0 Å². The van der Waals surface area contributed by atoms with E-state index in [4.69, 9.17) is 20.6 Å². The summed E-state index contributed by atoms with van der Waals surface area (Å²) in [5.41, 5.74) is 8.34. The molecule has 1 aliphatic carbocycles. The number of amidine groups is 1. The number of nitrogen functional groups attached to an aromatic ring is 1. The van der Waals surface area contributed by atoms with E-state index in [-0.39, 0.29) is 11.4 Å². The summed E-state index contributed by atoms with van der Waals surface area (Å²) < 4.78 is 11.3. The first-order valence-electron chi connectivity index (χ1n) is 7.51. The minimum atomic E-state index is -0.184. The van der Waals surface area contributed by atoms with Crippen LogP contribution in [-0.2, 0) is 17.6 Å². The number of hydrogen-bond donors (Lipinski definition) is 2. The molecule has 0 saturated carbocycles. The summed E-state index contributed by atoms with van der Waals surface area (Å²) in [4.78, 5) is 4.57. The van der Waals surface area contributed by atoms with Crippen molar-refractivity contribution >= 4 is 5.84 Å². The number of fused-ring (bicyclic) bond motifs is 1. The molecule has 1 aromatic heterocycles. The van der Waals surface area contributed by atoms with Crippen LogP contribution in [0.25, 0.3) is 0 Å². The number of aromatic nitrogens is 1. The third-order valence-electron chi connectivity index (χ3n) is 3.41. The van der Waals surface area contributed by atoms with E-state index in [9.17, 15) is 0 Å². The molecule has 0 bridgehead atoms. The van der Waals surface area contributed by atoms with Crippen molar-refractivity contribution in [3.8, 4) is 5.88 Å². The van der Waals surface area contributed by atoms with Crippen molar-refractivity contribution < 1.29 is 9.47 Å². The first-order valence-corrected chi connectivity index (χ1v) is 7.51. The molecular formula is C16H25N3O2. The van der Waals surface area contributed by atoms with Crippen molar-refractivity contribution in [3.05, 3.63) is 22.9 Å². The van der Waals surface area contributed by atoms with E-state index in [2.05, 4.69) is 4.98 Å². The lowest BCUT2D eigenvalue weighted by Crippen LogP contribution is -2.23. The van der Waals surface area contributed by atoms with Gasteiger partial charge in [-0.25, -0.2) is 4.98 Å². The van der Waals surface area contributed by atoms with Crippen LogP contribution in [0.5, 0.6) is 5.88 Å². The van der Waals surface area contributed by atoms with Crippen LogP contribution in [0.4, 0.5) is 0 Å². The Hall–Kier alpha value is -1.62. The fourth-order valence-electron chi connectivity index (χ4n) is 2.40. The maximum Gasteiger partial charge on any atom is 0.224 e. The Morgan fingerprint density at radius 2 is 2.00 bits per heavy atom. The molecule has 0 radical (unpaired) electrons. The Balaban J connectivity index is 2.08. The Morgan fingerprint density at radius 3 is 2.67 bits per heavy atom. The van der Waals surface area contributed by atoms with Gasteiger partial charge in [0.15, 0.2) is 0 Å². The van der Waals surface area contributed by atoms with E-state index in [0.29, 0.717) is 24.7 Å². The molecule has 3 N–H and O–H groups in total. The van der Waals surface area contributed by atoms with Crippen LogP contribution in [0.15, 0.2) is 6.07 Å². The van der Waals surface area contributed by atoms with Gasteiger partial charge in [0, 0.05) is 5.69 Å². The molecule has 0 aromatic carbocycles. The van der Waals surface area contributed by atoms with Gasteiger partial charge in [-0.1, -0.05) is 0 Å². The van der Waals surface area contributed by atoms with Crippen LogP contribution in [0.3, 0.4) is 0 Å². The summed E-state index contributed by atoms with van der Waals surface area (Å²) in [6.07, 6.45) is 4.32. The molecule has 0 amide bonds. The van der Waals surface area contributed by atoms with Crippen LogP contribution < -0.4 is 10.5 Å². The molecule has 5 nitrogen and oxygen atoms in total. The van der Waals surface area contributed by atoms with Crippen molar-refractivity contribution in [2.75, 3.05) is 13.2 Å². The summed E-state index contributed by atoms with van der Waals surface area (Å²) >= 11 is 0. The molecule has 21 heavy (non-hydrogen) atoms. The predicted octanol–water partition coefficient (Wildman–Crippen LogP) is 2.44. The van der Waals surface area contributed by atoms with Crippen LogP contribution in [0.2, 0.25) is 0 Å². The summed E-state index contributed by atoms with van der Waals surface area (Å²) in [6.45, 7) is 6.91. The molecule has 1 aromatic rings. The molecule has 0 atom stereocenters. The topological polar surface area (TPSA) is 81.2 Å². The SMILES string of the molecule is CC(C)(C)OCCOc1nc2c(cc1C(=N)N)CCCC2. The number of aryl methyl sites for hydroxylation is 2. The zero-order valence-corrected chi connectivity index (χ0v) is 13.2. The third-order valence-corrected chi connectivity index (χ3v) is 3.41. The Kier molecular flexibility index (Phi) is 4.83. The predicted molar refractivity (Wildman–Crippen MR) is 83.1 cm³/mol. The standard InChI is InChI=1S/C16H25N3O2/c1-16(2,3)21-9-8-20-15-12(14(17)18)10-11-6-4-5-7-13(11)19-15/h10H,4-9H2,1-3H3,(H3,17,18). The lowest BCUT2D eigenvalue weighted by molar-refractivity contribution is -0.0168. The first kappa shape index (κ1) is 15.8. The second-order valence-electron chi connectivity index (χ2n) is 6.38. The van der Waals surface area contributed by atoms with Crippen molar-refractivity contribution in [1.29, 1.82) is 5.41 Å². The summed E-state index contributed by atoms with van der Waals surface area (Å²) in [5.74, 6) is 0.461. The summed E-state index contributed by atoms with van der Waals surface area (Å²) in [7, 11) is 0. The number of nitrogens with zero attached hydrogens (tertiary/aromatic N) is 1. The molecule has 0 fully saturated rings. The third kappa shape index (κ3) is 4.43. The lowest BCUT2D eigenvalue weighted by Gasteiger charge is -2.21. The number of hydrogen-bond acceptors (Lipinski definition) is 4. The minimum Gasteiger partial charge on any atom is -0.475 e. The van der Waals surface area contributed by atoms with Gasteiger partial charge in [0.2, 0.25) is 5.88 Å². The molecule has 5 heteroatoms. The van der Waals surface area contributed by atoms with E-state index in [1.54, 1.807) is 0 Å². The Morgan fingerprint density at radius 1 is 1.29 bits per heavy atom. The fraction of sp³-hybridized carbons (Fsp3) is 0.625. The van der Waals surface area contributed by atoms with E-state index < -0.39 is 0 Å². The molecule has 0 spiro atoms. The number of pyridine rings is 1. The van der Waals surface area contributed by atoms with Gasteiger partial charge >= 0.3 is 0 Å². The van der Waals surface area contributed by atoms with E-state index in [0.717, 1.165) is 25.0 Å². The average molecular weight is 291 g/mol. The van der Waals surface area contributed by atoms with Crippen LogP contribution in [-0.4, -0.2) is 29.6 Å². The van der Waals surface area contributed by atoms with Gasteiger partial charge in [0.1, 0.15) is 12.4 Å². The van der Waals surface area contributed by atoms with Gasteiger partial charge in [-0.2, -0.15) is 0 Å². The van der Waals surface area contributed by atoms with Gasteiger partial charge < -0.3 is 15.2 Å². The summed E-state index contributed by atoms with van der Waals surface area (Å²) in [6, 6.07) is 1.96. The lowest BCUT2D eigenvalue weighted by atomic mass is 9.95. The average Bonchev–Trinajstić information content (AvgIpc) is 2.41. The van der Waals surface area contributed by atoms with Crippen LogP contribution in [0, 0.1) is 5.41 Å². The zero-order valence-electron chi connectivity index (χ0n) is 13.2. The molecule has 2 rings (SSSR count). The minimum absolute atomic E-state index is 0.00242. The maximum absolute atomic E-state index is 7.70. The van der Waals surface area contributed by atoms with Crippen molar-refractivity contribution in [1.82, 2.24) is 4.98 Å². The molecule has 116 valence electrons. The number of nitrogens with one attached hydrogen (secondary N) is 1. The Bertz CT molecular complexity index is 521. The van der Waals surface area contributed by atoms with E-state index in [1.807, 2.05) is 26.8 Å². The second-order valence-corrected chi connectivity index (χ2v) is 6.38. The molecule has 1 heterocycles. The van der Waals surface area contributed by atoms with E-state index in [1.165, 1.54) is 12.0 Å². The van der Waals surface area contributed by atoms with Gasteiger partial charge in [-0.05, 0) is 58.1 Å². The molecule has 1 aliphatic rings. The normalized spacial score (nSPS) is 14.6. The summed E-state index contributed by atoms with van der Waals surface area (Å²) in [5, 5.41) is 7.70. The van der Waals surface area contributed by atoms with E-state index >= 15 is 0 Å². The highest BCUT2D eigenvalue weighted by Crippen LogP contribution is 2.25. The highest BCUT2D eigenvalue weighted by Gasteiger charge is 2.18. The van der Waals surface area contributed by atoms with Crippen molar-refractivity contribution in [3.63, 3.8) is 0 Å². The van der Waals surface area contributed by atoms with Crippen LogP contribution in [0.1, 0.15) is 50.4 Å². The van der Waals surface area contributed by atoms with Gasteiger partial charge in [0.25, 0.3) is 0 Å². The molecule has 0 aliphatic heterocycles. The molecule has 0 saturated heterocycles. The highest BCUT2D eigenvalue weighted by molar-refractivity contribution is 5.97. The number of ether oxygens (including phenoxy) is 2. The quantitative estimate of drug-likeness (QED) is 0.496. The smallest absolute Gasteiger partial charge is 0.224 e. The highest BCUT2D eigenvalue weighted by atomic mass is 16.5. The largest absolute Gasteiger partial charge is 0.475 e. The van der Waals surface area contributed by atoms with Crippen molar-refractivity contribution in [2.45, 2.75) is 52.1 Å². The van der Waals surface area contributed by atoms with Gasteiger partial charge in [-0.3, -0.25) is 5.41 Å². The van der Waals surface area contributed by atoms with Crippen LogP contribution >= 0.6 is 0 Å². The van der Waals surface area contributed by atoms with Gasteiger partial charge in [0.05, 0.1) is 17.8 Å².